The first kappa shape index (κ1) is 11.5. The zero-order valence-electron chi connectivity index (χ0n) is 8.37. The van der Waals surface area contributed by atoms with Crippen molar-refractivity contribution in [2.75, 3.05) is 0 Å². The van der Waals surface area contributed by atoms with Crippen LogP contribution in [0.4, 0.5) is 0 Å². The molecule has 0 aromatic rings. The highest BCUT2D eigenvalue weighted by Crippen LogP contribution is 2.25. The molecule has 0 amide bonds. The van der Waals surface area contributed by atoms with Crippen molar-refractivity contribution in [2.45, 2.75) is 34.1 Å². The minimum Gasteiger partial charge on any atom is -0.0958 e. The Hall–Kier alpha value is -0.490. The van der Waals surface area contributed by atoms with E-state index < -0.39 is 0 Å². The van der Waals surface area contributed by atoms with Gasteiger partial charge in [0.1, 0.15) is 0 Å². The molecule has 0 aromatic carbocycles. The fraction of sp³-hybridized carbons (Fsp3) is 0.455. The van der Waals surface area contributed by atoms with E-state index in [1.807, 2.05) is 26.8 Å². The number of rotatable bonds is 3. The molecule has 0 atom stereocenters. The lowest BCUT2D eigenvalue weighted by atomic mass is 10.0. The van der Waals surface area contributed by atoms with E-state index in [9.17, 15) is 0 Å². The van der Waals surface area contributed by atoms with Crippen LogP contribution in [0.25, 0.3) is 0 Å². The second kappa shape index (κ2) is 5.21. The van der Waals surface area contributed by atoms with Gasteiger partial charge < -0.3 is 0 Å². The summed E-state index contributed by atoms with van der Waals surface area (Å²) in [5, 5.41) is 0.854. The normalized spacial score (nSPS) is 14.2. The third kappa shape index (κ3) is 2.86. The van der Waals surface area contributed by atoms with Gasteiger partial charge in [-0.3, -0.25) is 0 Å². The first-order valence-electron chi connectivity index (χ1n) is 4.22. The van der Waals surface area contributed by atoms with Gasteiger partial charge in [0.25, 0.3) is 0 Å². The third-order valence-corrected chi connectivity index (χ3v) is 2.44. The summed E-state index contributed by atoms with van der Waals surface area (Å²) in [4.78, 5) is 0. The zero-order chi connectivity index (χ0) is 9.72. The van der Waals surface area contributed by atoms with Crippen LogP contribution in [0.5, 0.6) is 0 Å². The molecule has 0 unspecified atom stereocenters. The molecule has 0 bridgehead atoms. The topological polar surface area (TPSA) is 0 Å². The van der Waals surface area contributed by atoms with E-state index >= 15 is 0 Å². The Bertz CT molecular complexity index is 231. The molecular formula is C11H17Cl. The highest BCUT2D eigenvalue weighted by Gasteiger charge is 2.04. The summed E-state index contributed by atoms with van der Waals surface area (Å²) in [6, 6.07) is 0. The van der Waals surface area contributed by atoms with Gasteiger partial charge in [0.05, 0.1) is 0 Å². The summed E-state index contributed by atoms with van der Waals surface area (Å²) in [7, 11) is 0. The van der Waals surface area contributed by atoms with Crippen LogP contribution in [-0.2, 0) is 0 Å². The molecule has 0 aliphatic rings. The van der Waals surface area contributed by atoms with E-state index in [0.717, 1.165) is 28.2 Å². The molecule has 0 heterocycles. The van der Waals surface area contributed by atoms with Crippen LogP contribution in [0.2, 0.25) is 0 Å². The first-order valence-corrected chi connectivity index (χ1v) is 4.60. The molecule has 0 saturated heterocycles. The monoisotopic (exact) mass is 184 g/mol. The van der Waals surface area contributed by atoms with Gasteiger partial charge in [-0.1, -0.05) is 36.8 Å². The fourth-order valence-electron chi connectivity index (χ4n) is 1.01. The lowest BCUT2D eigenvalue weighted by Gasteiger charge is -2.08. The summed E-state index contributed by atoms with van der Waals surface area (Å²) in [5.41, 5.74) is 3.34. The van der Waals surface area contributed by atoms with Gasteiger partial charge in [-0.2, -0.15) is 0 Å². The van der Waals surface area contributed by atoms with E-state index in [-0.39, 0.29) is 0 Å². The quantitative estimate of drug-likeness (QED) is 0.570. The third-order valence-electron chi connectivity index (χ3n) is 1.91. The molecule has 1 heteroatoms. The van der Waals surface area contributed by atoms with Crippen LogP contribution in [0, 0.1) is 0 Å². The molecule has 0 saturated carbocycles. The largest absolute Gasteiger partial charge is 0.0958 e. The Kier molecular flexibility index (Phi) is 5.00. The van der Waals surface area contributed by atoms with Crippen molar-refractivity contribution < 1.29 is 0 Å². The SMILES string of the molecule is C=C(C)/C(CC)=C(Cl)\C(C)=C/C. The number of hydrogen-bond donors (Lipinski definition) is 0. The Morgan fingerprint density at radius 1 is 1.42 bits per heavy atom. The summed E-state index contributed by atoms with van der Waals surface area (Å²) in [6.07, 6.45) is 2.96. The Balaban J connectivity index is 4.98. The van der Waals surface area contributed by atoms with E-state index in [1.54, 1.807) is 0 Å². The summed E-state index contributed by atoms with van der Waals surface area (Å²) in [5.74, 6) is 0. The van der Waals surface area contributed by atoms with Gasteiger partial charge >= 0.3 is 0 Å². The van der Waals surface area contributed by atoms with E-state index in [0.29, 0.717) is 0 Å². The van der Waals surface area contributed by atoms with Crippen molar-refractivity contribution in [3.63, 3.8) is 0 Å². The van der Waals surface area contributed by atoms with Crippen molar-refractivity contribution in [3.05, 3.63) is 34.4 Å². The first-order chi connectivity index (χ1) is 5.54. The van der Waals surface area contributed by atoms with E-state index in [4.69, 9.17) is 11.6 Å². The molecule has 0 radical (unpaired) electrons. The van der Waals surface area contributed by atoms with Gasteiger partial charge in [0.2, 0.25) is 0 Å². The molecule has 0 aliphatic carbocycles. The maximum atomic E-state index is 6.14. The number of hydrogen-bond acceptors (Lipinski definition) is 0. The molecule has 0 fully saturated rings. The smallest absolute Gasteiger partial charge is 0.0466 e. The highest BCUT2D eigenvalue weighted by atomic mass is 35.5. The minimum absolute atomic E-state index is 0.854. The van der Waals surface area contributed by atoms with Crippen LogP contribution >= 0.6 is 11.6 Å². The average molecular weight is 185 g/mol. The fourth-order valence-corrected chi connectivity index (χ4v) is 1.41. The van der Waals surface area contributed by atoms with Crippen LogP contribution in [0.3, 0.4) is 0 Å². The van der Waals surface area contributed by atoms with Gasteiger partial charge in [-0.05, 0) is 38.3 Å². The molecular weight excluding hydrogens is 168 g/mol. The predicted molar refractivity (Wildman–Crippen MR) is 57.4 cm³/mol. The molecule has 0 nitrogen and oxygen atoms in total. The van der Waals surface area contributed by atoms with Gasteiger partial charge in [-0.25, -0.2) is 0 Å². The van der Waals surface area contributed by atoms with Crippen LogP contribution in [0.15, 0.2) is 34.4 Å². The zero-order valence-corrected chi connectivity index (χ0v) is 9.13. The molecule has 0 aromatic heterocycles. The highest BCUT2D eigenvalue weighted by molar-refractivity contribution is 6.32. The lowest BCUT2D eigenvalue weighted by Crippen LogP contribution is -1.88. The van der Waals surface area contributed by atoms with Crippen molar-refractivity contribution in [3.8, 4) is 0 Å². The molecule has 0 spiro atoms. The van der Waals surface area contributed by atoms with E-state index in [2.05, 4.69) is 13.5 Å². The van der Waals surface area contributed by atoms with Crippen LogP contribution < -0.4 is 0 Å². The summed E-state index contributed by atoms with van der Waals surface area (Å²) >= 11 is 6.14. The number of halogens is 1. The van der Waals surface area contributed by atoms with Gasteiger partial charge in [0.15, 0.2) is 0 Å². The maximum Gasteiger partial charge on any atom is 0.0466 e. The van der Waals surface area contributed by atoms with Crippen molar-refractivity contribution in [2.24, 2.45) is 0 Å². The van der Waals surface area contributed by atoms with Crippen LogP contribution in [0.1, 0.15) is 34.1 Å². The standard InChI is InChI=1S/C11H17Cl/c1-6-9(5)11(12)10(7-2)8(3)4/h6H,3,7H2,1-2,4-5H3/b9-6-,11-10+. The average Bonchev–Trinajstić information content (AvgIpc) is 2.03. The summed E-state index contributed by atoms with van der Waals surface area (Å²) in [6.45, 7) is 12.0. The Morgan fingerprint density at radius 3 is 2.17 bits per heavy atom. The van der Waals surface area contributed by atoms with E-state index in [1.165, 1.54) is 0 Å². The van der Waals surface area contributed by atoms with Crippen molar-refractivity contribution >= 4 is 11.6 Å². The molecule has 68 valence electrons. The molecule has 0 rings (SSSR count). The Morgan fingerprint density at radius 2 is 1.92 bits per heavy atom. The molecule has 12 heavy (non-hydrogen) atoms. The molecule has 0 N–H and O–H groups in total. The minimum atomic E-state index is 0.854. The van der Waals surface area contributed by atoms with Crippen LogP contribution in [-0.4, -0.2) is 0 Å². The Labute approximate surface area is 80.6 Å². The predicted octanol–water partition coefficient (Wildman–Crippen LogP) is 4.43. The van der Waals surface area contributed by atoms with Crippen molar-refractivity contribution in [1.29, 1.82) is 0 Å². The van der Waals surface area contributed by atoms with Crippen molar-refractivity contribution in [1.82, 2.24) is 0 Å². The summed E-state index contributed by atoms with van der Waals surface area (Å²) < 4.78 is 0. The second-order valence-electron chi connectivity index (χ2n) is 2.90. The second-order valence-corrected chi connectivity index (χ2v) is 3.28. The molecule has 0 aliphatic heterocycles. The van der Waals surface area contributed by atoms with Gasteiger partial charge in [0, 0.05) is 5.03 Å². The number of allylic oxidation sites excluding steroid dienone is 5. The lowest BCUT2D eigenvalue weighted by molar-refractivity contribution is 1.09. The maximum absolute atomic E-state index is 6.14. The van der Waals surface area contributed by atoms with Gasteiger partial charge in [-0.15, -0.1) is 0 Å².